The van der Waals surface area contributed by atoms with E-state index in [4.69, 9.17) is 19.9 Å². The first-order chi connectivity index (χ1) is 22.2. The fraction of sp³-hybridized carbons (Fsp3) is 0. The van der Waals surface area contributed by atoms with Crippen LogP contribution in [0.25, 0.3) is 67.8 Å². The maximum atomic E-state index is 16.8. The second kappa shape index (κ2) is 12.1. The molecule has 0 aliphatic carbocycles. The van der Waals surface area contributed by atoms with Crippen molar-refractivity contribution in [3.63, 3.8) is 0 Å². The largest absolute Gasteiger partial charge is 0.228 e. The van der Waals surface area contributed by atoms with Crippen LogP contribution in [0.1, 0.15) is 5.56 Å². The Kier molecular flexibility index (Phi) is 7.41. The van der Waals surface area contributed by atoms with Crippen molar-refractivity contribution in [1.29, 1.82) is 5.26 Å². The van der Waals surface area contributed by atoms with Gasteiger partial charge >= 0.3 is 0 Å². The summed E-state index contributed by atoms with van der Waals surface area (Å²) in [6, 6.07) is 47.5. The quantitative estimate of drug-likeness (QED) is 0.196. The molecule has 0 aliphatic heterocycles. The van der Waals surface area contributed by atoms with Crippen LogP contribution >= 0.6 is 0 Å². The standard InChI is InChI=1S/C39H24FN5/c40-37-31(36-24-35(29-17-9-3-10-18-29)42-38(45-36)30-19-11-4-12-20-30)21-26(25-41)22-32(37)39-43-33(27-13-5-1-6-14-27)23-34(44-39)28-15-7-2-8-16-28/h1-24H. The average molecular weight is 582 g/mol. The molecule has 2 aromatic heterocycles. The molecule has 0 aliphatic rings. The molecular weight excluding hydrogens is 557 g/mol. The lowest BCUT2D eigenvalue weighted by atomic mass is 9.99. The minimum atomic E-state index is -0.574. The van der Waals surface area contributed by atoms with E-state index in [1.54, 1.807) is 6.07 Å². The van der Waals surface area contributed by atoms with Crippen LogP contribution in [-0.2, 0) is 0 Å². The summed E-state index contributed by atoms with van der Waals surface area (Å²) in [6.45, 7) is 0. The maximum absolute atomic E-state index is 16.8. The third kappa shape index (κ3) is 5.71. The molecule has 0 bridgehead atoms. The van der Waals surface area contributed by atoms with Crippen molar-refractivity contribution in [2.24, 2.45) is 0 Å². The maximum Gasteiger partial charge on any atom is 0.163 e. The van der Waals surface area contributed by atoms with Gasteiger partial charge in [-0.05, 0) is 24.3 Å². The second-order valence-electron chi connectivity index (χ2n) is 10.4. The SMILES string of the molecule is N#Cc1cc(-c2cc(-c3ccccc3)nc(-c3ccccc3)n2)c(F)c(-c2nc(-c3ccccc3)cc(-c3ccccc3)n2)c1. The Hall–Kier alpha value is -6.32. The molecule has 0 spiro atoms. The van der Waals surface area contributed by atoms with E-state index >= 15 is 4.39 Å². The number of hydrogen-bond donors (Lipinski definition) is 0. The van der Waals surface area contributed by atoms with E-state index in [-0.39, 0.29) is 22.5 Å². The molecule has 45 heavy (non-hydrogen) atoms. The smallest absolute Gasteiger partial charge is 0.163 e. The van der Waals surface area contributed by atoms with E-state index in [1.165, 1.54) is 12.1 Å². The third-order valence-corrected chi connectivity index (χ3v) is 7.41. The summed E-state index contributed by atoms with van der Waals surface area (Å²) in [4.78, 5) is 19.2. The van der Waals surface area contributed by atoms with Gasteiger partial charge in [-0.2, -0.15) is 5.26 Å². The van der Waals surface area contributed by atoms with Crippen molar-refractivity contribution >= 4 is 0 Å². The Morgan fingerprint density at radius 3 is 1.27 bits per heavy atom. The molecule has 0 unspecified atom stereocenters. The van der Waals surface area contributed by atoms with Crippen LogP contribution in [0.15, 0.2) is 146 Å². The summed E-state index contributed by atoms with van der Waals surface area (Å²) in [5.41, 5.74) is 6.19. The Morgan fingerprint density at radius 1 is 0.422 bits per heavy atom. The van der Waals surface area contributed by atoms with Crippen molar-refractivity contribution in [3.05, 3.63) is 157 Å². The van der Waals surface area contributed by atoms with Crippen molar-refractivity contribution in [3.8, 4) is 73.9 Å². The Balaban J connectivity index is 1.46. The van der Waals surface area contributed by atoms with Gasteiger partial charge in [0.1, 0.15) is 5.82 Å². The fourth-order valence-corrected chi connectivity index (χ4v) is 5.18. The molecule has 7 rings (SSSR count). The minimum Gasteiger partial charge on any atom is -0.228 e. The van der Waals surface area contributed by atoms with Gasteiger partial charge in [0.2, 0.25) is 0 Å². The molecule has 0 radical (unpaired) electrons. The summed E-state index contributed by atoms with van der Waals surface area (Å²) in [6.07, 6.45) is 0. The molecule has 0 atom stereocenters. The number of nitrogens with zero attached hydrogens (tertiary/aromatic N) is 5. The number of hydrogen-bond acceptors (Lipinski definition) is 5. The predicted octanol–water partition coefficient (Wildman–Crippen LogP) is 9.28. The minimum absolute atomic E-state index is 0.111. The highest BCUT2D eigenvalue weighted by Gasteiger charge is 2.21. The Bertz CT molecular complexity index is 1900. The van der Waals surface area contributed by atoms with Gasteiger partial charge in [0, 0.05) is 27.8 Å². The fourth-order valence-electron chi connectivity index (χ4n) is 5.18. The van der Waals surface area contributed by atoms with Gasteiger partial charge in [-0.3, -0.25) is 0 Å². The number of nitriles is 1. The van der Waals surface area contributed by atoms with Gasteiger partial charge in [0.05, 0.1) is 40.0 Å². The summed E-state index contributed by atoms with van der Waals surface area (Å²) in [7, 11) is 0. The van der Waals surface area contributed by atoms with E-state index in [2.05, 4.69) is 6.07 Å². The van der Waals surface area contributed by atoms with Gasteiger partial charge in [-0.15, -0.1) is 0 Å². The van der Waals surface area contributed by atoms with Crippen molar-refractivity contribution in [1.82, 2.24) is 19.9 Å². The molecule has 6 heteroatoms. The normalized spacial score (nSPS) is 10.8. The van der Waals surface area contributed by atoms with Crippen LogP contribution in [0.5, 0.6) is 0 Å². The number of rotatable bonds is 6. The van der Waals surface area contributed by atoms with Gasteiger partial charge < -0.3 is 0 Å². The third-order valence-electron chi connectivity index (χ3n) is 7.41. The van der Waals surface area contributed by atoms with Gasteiger partial charge in [0.15, 0.2) is 11.6 Å². The molecule has 0 fully saturated rings. The predicted molar refractivity (Wildman–Crippen MR) is 175 cm³/mol. The molecule has 0 N–H and O–H groups in total. The summed E-state index contributed by atoms with van der Waals surface area (Å²) in [5, 5.41) is 10.1. The number of halogens is 1. The first kappa shape index (κ1) is 27.5. The highest BCUT2D eigenvalue weighted by molar-refractivity contribution is 5.78. The van der Waals surface area contributed by atoms with Crippen LogP contribution in [0.2, 0.25) is 0 Å². The zero-order valence-electron chi connectivity index (χ0n) is 24.0. The average Bonchev–Trinajstić information content (AvgIpc) is 3.13. The van der Waals surface area contributed by atoms with Gasteiger partial charge in [-0.25, -0.2) is 24.3 Å². The number of aromatic nitrogens is 4. The molecule has 5 aromatic carbocycles. The lowest BCUT2D eigenvalue weighted by Crippen LogP contribution is -2.01. The zero-order chi connectivity index (χ0) is 30.6. The van der Waals surface area contributed by atoms with Crippen LogP contribution in [0.4, 0.5) is 4.39 Å². The van der Waals surface area contributed by atoms with E-state index in [0.29, 0.717) is 28.6 Å². The molecule has 212 valence electrons. The Labute approximate surface area is 260 Å². The van der Waals surface area contributed by atoms with Crippen molar-refractivity contribution < 1.29 is 4.39 Å². The zero-order valence-corrected chi connectivity index (χ0v) is 24.0. The van der Waals surface area contributed by atoms with Crippen LogP contribution in [-0.4, -0.2) is 19.9 Å². The van der Waals surface area contributed by atoms with E-state index in [9.17, 15) is 5.26 Å². The molecule has 7 aromatic rings. The van der Waals surface area contributed by atoms with Gasteiger partial charge in [0.25, 0.3) is 0 Å². The molecule has 5 nitrogen and oxygen atoms in total. The van der Waals surface area contributed by atoms with Crippen LogP contribution in [0, 0.1) is 17.1 Å². The first-order valence-electron chi connectivity index (χ1n) is 14.4. The summed E-state index contributed by atoms with van der Waals surface area (Å²) < 4.78 is 16.8. The van der Waals surface area contributed by atoms with E-state index in [1.807, 2.05) is 127 Å². The molecule has 2 heterocycles. The van der Waals surface area contributed by atoms with Crippen LogP contribution in [0.3, 0.4) is 0 Å². The molecule has 0 saturated heterocycles. The lowest BCUT2D eigenvalue weighted by molar-refractivity contribution is 0.632. The van der Waals surface area contributed by atoms with E-state index < -0.39 is 5.82 Å². The molecule has 0 amide bonds. The van der Waals surface area contributed by atoms with Gasteiger partial charge in [-0.1, -0.05) is 121 Å². The van der Waals surface area contributed by atoms with Crippen molar-refractivity contribution in [2.45, 2.75) is 0 Å². The molecular formula is C39H24FN5. The summed E-state index contributed by atoms with van der Waals surface area (Å²) >= 11 is 0. The number of benzene rings is 5. The summed E-state index contributed by atoms with van der Waals surface area (Å²) in [5.74, 6) is 0.0468. The molecule has 0 saturated carbocycles. The first-order valence-corrected chi connectivity index (χ1v) is 14.4. The topological polar surface area (TPSA) is 75.3 Å². The lowest BCUT2D eigenvalue weighted by Gasteiger charge is -2.13. The van der Waals surface area contributed by atoms with Crippen molar-refractivity contribution in [2.75, 3.05) is 0 Å². The highest BCUT2D eigenvalue weighted by Crippen LogP contribution is 2.35. The second-order valence-corrected chi connectivity index (χ2v) is 10.4. The Morgan fingerprint density at radius 2 is 0.800 bits per heavy atom. The highest BCUT2D eigenvalue weighted by atomic mass is 19.1. The monoisotopic (exact) mass is 581 g/mol. The van der Waals surface area contributed by atoms with E-state index in [0.717, 1.165) is 22.3 Å². The van der Waals surface area contributed by atoms with Crippen LogP contribution < -0.4 is 0 Å².